The topological polar surface area (TPSA) is 57.9 Å². The molecule has 1 N–H and O–H groups in total. The summed E-state index contributed by atoms with van der Waals surface area (Å²) >= 11 is 6.00. The first-order valence-electron chi connectivity index (χ1n) is 5.72. The van der Waals surface area contributed by atoms with Crippen molar-refractivity contribution in [2.45, 2.75) is 25.3 Å². The molecule has 17 heavy (non-hydrogen) atoms. The van der Waals surface area contributed by atoms with Crippen LogP contribution >= 0.6 is 11.6 Å². The van der Waals surface area contributed by atoms with E-state index in [1.54, 1.807) is 6.07 Å². The minimum absolute atomic E-state index is 0.297. The summed E-state index contributed by atoms with van der Waals surface area (Å²) in [5.41, 5.74) is 0.397. The van der Waals surface area contributed by atoms with Crippen LogP contribution in [0.3, 0.4) is 0 Å². The quantitative estimate of drug-likeness (QED) is 0.894. The number of rotatable bonds is 3. The molecule has 1 aliphatic heterocycles. The van der Waals surface area contributed by atoms with E-state index in [1.807, 2.05) is 6.07 Å². The first-order chi connectivity index (χ1) is 8.31. The van der Waals surface area contributed by atoms with Crippen LogP contribution in [0.5, 0.6) is 5.88 Å². The van der Waals surface area contributed by atoms with Crippen molar-refractivity contribution in [3.8, 4) is 11.9 Å². The van der Waals surface area contributed by atoms with Gasteiger partial charge in [-0.15, -0.1) is 0 Å². The predicted molar refractivity (Wildman–Crippen MR) is 65.1 cm³/mol. The summed E-state index contributed by atoms with van der Waals surface area (Å²) < 4.78 is 5.56. The molecule has 1 unspecified atom stereocenters. The molecule has 1 saturated heterocycles. The molecule has 0 amide bonds. The average molecular weight is 252 g/mol. The number of nitriles is 1. The van der Waals surface area contributed by atoms with Crippen LogP contribution in [0, 0.1) is 11.3 Å². The first kappa shape index (κ1) is 12.2. The minimum Gasteiger partial charge on any atom is -0.475 e. The third-order valence-electron chi connectivity index (χ3n) is 2.81. The molecule has 0 aromatic carbocycles. The smallest absolute Gasteiger partial charge is 0.233 e. The van der Waals surface area contributed by atoms with Crippen molar-refractivity contribution in [1.29, 1.82) is 5.26 Å². The van der Waals surface area contributed by atoms with E-state index < -0.39 is 0 Å². The summed E-state index contributed by atoms with van der Waals surface area (Å²) in [5.74, 6) is 0.345. The van der Waals surface area contributed by atoms with Gasteiger partial charge in [-0.1, -0.05) is 18.0 Å². The van der Waals surface area contributed by atoms with Crippen molar-refractivity contribution >= 4 is 11.6 Å². The molecule has 4 nitrogen and oxygen atoms in total. The molecular formula is C12H14ClN3O. The van der Waals surface area contributed by atoms with E-state index in [9.17, 15) is 0 Å². The van der Waals surface area contributed by atoms with E-state index >= 15 is 0 Å². The van der Waals surface area contributed by atoms with E-state index in [0.717, 1.165) is 13.0 Å². The van der Waals surface area contributed by atoms with E-state index in [0.29, 0.717) is 29.1 Å². The Balaban J connectivity index is 1.96. The maximum absolute atomic E-state index is 8.83. The van der Waals surface area contributed by atoms with E-state index in [2.05, 4.69) is 10.3 Å². The van der Waals surface area contributed by atoms with Crippen molar-refractivity contribution in [3.05, 3.63) is 22.8 Å². The Hall–Kier alpha value is -1.31. The number of hydrogen-bond donors (Lipinski definition) is 1. The van der Waals surface area contributed by atoms with Crippen LogP contribution in [0.1, 0.15) is 24.8 Å². The highest BCUT2D eigenvalue weighted by atomic mass is 35.5. The van der Waals surface area contributed by atoms with Crippen LogP contribution in [0.2, 0.25) is 5.02 Å². The number of piperidine rings is 1. The van der Waals surface area contributed by atoms with Crippen LogP contribution in [0.4, 0.5) is 0 Å². The monoisotopic (exact) mass is 251 g/mol. The summed E-state index contributed by atoms with van der Waals surface area (Å²) in [6.45, 7) is 1.58. The third kappa shape index (κ3) is 3.09. The Morgan fingerprint density at radius 3 is 3.18 bits per heavy atom. The summed E-state index contributed by atoms with van der Waals surface area (Å²) in [5, 5.41) is 12.5. The first-order valence-corrected chi connectivity index (χ1v) is 6.10. The lowest BCUT2D eigenvalue weighted by atomic mass is 10.1. The molecule has 1 aromatic rings. The Labute approximate surface area is 106 Å². The summed E-state index contributed by atoms with van der Waals surface area (Å²) in [4.78, 5) is 4.04. The number of hydrogen-bond acceptors (Lipinski definition) is 4. The van der Waals surface area contributed by atoms with Crippen LogP contribution in [0.15, 0.2) is 12.3 Å². The predicted octanol–water partition coefficient (Wildman–Crippen LogP) is 2.13. The molecule has 0 radical (unpaired) electrons. The van der Waals surface area contributed by atoms with Crippen LogP contribution in [0.25, 0.3) is 0 Å². The van der Waals surface area contributed by atoms with Gasteiger partial charge >= 0.3 is 0 Å². The Bertz CT molecular complexity index is 424. The van der Waals surface area contributed by atoms with Gasteiger partial charge in [0.2, 0.25) is 5.88 Å². The van der Waals surface area contributed by atoms with Gasteiger partial charge in [0, 0.05) is 12.2 Å². The number of pyridine rings is 1. The molecule has 1 atom stereocenters. The molecule has 1 fully saturated rings. The Morgan fingerprint density at radius 2 is 2.47 bits per heavy atom. The lowest BCUT2D eigenvalue weighted by Crippen LogP contribution is -2.38. The third-order valence-corrected chi connectivity index (χ3v) is 3.18. The molecule has 2 rings (SSSR count). The summed E-state index contributed by atoms with van der Waals surface area (Å²) in [7, 11) is 0. The fourth-order valence-corrected chi connectivity index (χ4v) is 2.07. The van der Waals surface area contributed by atoms with Crippen molar-refractivity contribution in [1.82, 2.24) is 10.3 Å². The van der Waals surface area contributed by atoms with Gasteiger partial charge in [-0.3, -0.25) is 0 Å². The number of aromatic nitrogens is 1. The second kappa shape index (κ2) is 5.85. The van der Waals surface area contributed by atoms with E-state index in [-0.39, 0.29) is 0 Å². The number of nitrogens with zero attached hydrogens (tertiary/aromatic N) is 2. The van der Waals surface area contributed by atoms with Crippen molar-refractivity contribution < 1.29 is 4.74 Å². The zero-order valence-electron chi connectivity index (χ0n) is 9.45. The molecule has 0 aliphatic carbocycles. The Morgan fingerprint density at radius 1 is 1.59 bits per heavy atom. The van der Waals surface area contributed by atoms with Crippen LogP contribution < -0.4 is 10.1 Å². The average Bonchev–Trinajstić information content (AvgIpc) is 2.39. The minimum atomic E-state index is 0.297. The largest absolute Gasteiger partial charge is 0.475 e. The van der Waals surface area contributed by atoms with Gasteiger partial charge in [-0.05, 0) is 25.5 Å². The van der Waals surface area contributed by atoms with Gasteiger partial charge < -0.3 is 10.1 Å². The SMILES string of the molecule is N#Cc1ccnc(OCC2CCCCN2)c1Cl. The van der Waals surface area contributed by atoms with Gasteiger partial charge in [0.1, 0.15) is 17.7 Å². The molecular weight excluding hydrogens is 238 g/mol. The lowest BCUT2D eigenvalue weighted by Gasteiger charge is -2.23. The highest BCUT2D eigenvalue weighted by Gasteiger charge is 2.15. The van der Waals surface area contributed by atoms with Gasteiger partial charge in [0.15, 0.2) is 0 Å². The molecule has 0 saturated carbocycles. The van der Waals surface area contributed by atoms with Gasteiger partial charge in [-0.2, -0.15) is 5.26 Å². The summed E-state index contributed by atoms with van der Waals surface area (Å²) in [6, 6.07) is 3.94. The standard InChI is InChI=1S/C12H14ClN3O/c13-11-9(7-14)4-6-16-12(11)17-8-10-3-1-2-5-15-10/h4,6,10,15H,1-3,5,8H2. The van der Waals surface area contributed by atoms with Gasteiger partial charge in [0.25, 0.3) is 0 Å². The highest BCUT2D eigenvalue weighted by Crippen LogP contribution is 2.25. The molecule has 2 heterocycles. The second-order valence-corrected chi connectivity index (χ2v) is 4.43. The maximum Gasteiger partial charge on any atom is 0.233 e. The molecule has 0 spiro atoms. The fourth-order valence-electron chi connectivity index (χ4n) is 1.86. The van der Waals surface area contributed by atoms with Crippen LogP contribution in [-0.4, -0.2) is 24.2 Å². The maximum atomic E-state index is 8.83. The zero-order chi connectivity index (χ0) is 12.1. The van der Waals surface area contributed by atoms with Crippen LogP contribution in [-0.2, 0) is 0 Å². The van der Waals surface area contributed by atoms with E-state index in [4.69, 9.17) is 21.6 Å². The van der Waals surface area contributed by atoms with Crippen molar-refractivity contribution in [3.63, 3.8) is 0 Å². The van der Waals surface area contributed by atoms with Gasteiger partial charge in [-0.25, -0.2) is 4.98 Å². The zero-order valence-corrected chi connectivity index (χ0v) is 10.2. The molecule has 5 heteroatoms. The normalized spacial score (nSPS) is 19.6. The Kier molecular flexibility index (Phi) is 4.18. The number of ether oxygens (including phenoxy) is 1. The molecule has 1 aromatic heterocycles. The lowest BCUT2D eigenvalue weighted by molar-refractivity contribution is 0.232. The molecule has 90 valence electrons. The fraction of sp³-hybridized carbons (Fsp3) is 0.500. The molecule has 0 bridgehead atoms. The molecule has 1 aliphatic rings. The van der Waals surface area contributed by atoms with Crippen molar-refractivity contribution in [2.24, 2.45) is 0 Å². The summed E-state index contributed by atoms with van der Waals surface area (Å²) in [6.07, 6.45) is 5.09. The van der Waals surface area contributed by atoms with Gasteiger partial charge in [0.05, 0.1) is 5.56 Å². The second-order valence-electron chi connectivity index (χ2n) is 4.05. The van der Waals surface area contributed by atoms with E-state index in [1.165, 1.54) is 19.0 Å². The number of nitrogens with one attached hydrogen (secondary N) is 1. The number of halogens is 1. The highest BCUT2D eigenvalue weighted by molar-refractivity contribution is 6.32. The van der Waals surface area contributed by atoms with Crippen molar-refractivity contribution in [2.75, 3.05) is 13.2 Å².